The van der Waals surface area contributed by atoms with E-state index in [1.165, 1.54) is 21.5 Å². The monoisotopic (exact) mass is 691 g/mol. The Morgan fingerprint density at radius 3 is 1.52 bits per heavy atom. The molecule has 0 spiro atoms. The maximum absolute atomic E-state index is 5.58. The van der Waals surface area contributed by atoms with Crippen molar-refractivity contribution in [2.24, 2.45) is 9.98 Å². The van der Waals surface area contributed by atoms with Crippen LogP contribution in [0.5, 0.6) is 0 Å². The highest BCUT2D eigenvalue weighted by atomic mass is 15.2. The van der Waals surface area contributed by atoms with Crippen molar-refractivity contribution in [1.82, 2.24) is 14.5 Å². The number of para-hydroxylation sites is 6. The zero-order chi connectivity index (χ0) is 35.6. The topological polar surface area (TPSA) is 46.6 Å². The molecule has 11 rings (SSSR count). The van der Waals surface area contributed by atoms with Crippen LogP contribution in [0.3, 0.4) is 0 Å². The van der Waals surface area contributed by atoms with Gasteiger partial charge >= 0.3 is 0 Å². The van der Waals surface area contributed by atoms with E-state index in [4.69, 9.17) is 9.98 Å². The molecule has 0 saturated carbocycles. The Labute approximate surface area is 311 Å². The minimum atomic E-state index is -0.532. The van der Waals surface area contributed by atoms with Crippen molar-refractivity contribution in [2.75, 3.05) is 0 Å². The summed E-state index contributed by atoms with van der Waals surface area (Å²) in [6, 6.07) is 66.6. The van der Waals surface area contributed by atoms with Crippen LogP contribution < -0.4 is 5.32 Å². The average molecular weight is 692 g/mol. The summed E-state index contributed by atoms with van der Waals surface area (Å²) in [5.74, 6) is 1.57. The zero-order valence-electron chi connectivity index (χ0n) is 29.3. The van der Waals surface area contributed by atoms with Gasteiger partial charge in [-0.25, -0.2) is 9.98 Å². The Bertz CT molecular complexity index is 3130. The van der Waals surface area contributed by atoms with Crippen LogP contribution in [0.25, 0.3) is 65.8 Å². The summed E-state index contributed by atoms with van der Waals surface area (Å²) in [5, 5.41) is 10.8. The predicted molar refractivity (Wildman–Crippen MR) is 224 cm³/mol. The molecule has 54 heavy (non-hydrogen) atoms. The van der Waals surface area contributed by atoms with Gasteiger partial charge < -0.3 is 14.5 Å². The van der Waals surface area contributed by atoms with Gasteiger partial charge in [-0.3, -0.25) is 0 Å². The first kappa shape index (κ1) is 30.4. The van der Waals surface area contributed by atoms with Gasteiger partial charge in [-0.05, 0) is 53.2 Å². The van der Waals surface area contributed by atoms with E-state index < -0.39 is 6.17 Å². The second-order valence-electron chi connectivity index (χ2n) is 13.8. The largest absolute Gasteiger partial charge is 0.324 e. The van der Waals surface area contributed by atoms with Gasteiger partial charge in [0.15, 0.2) is 6.17 Å². The van der Waals surface area contributed by atoms with Crippen LogP contribution in [0.15, 0.2) is 198 Å². The molecule has 0 radical (unpaired) electrons. The molecule has 0 aliphatic carbocycles. The van der Waals surface area contributed by atoms with Crippen molar-refractivity contribution >= 4 is 66.1 Å². The Morgan fingerprint density at radius 1 is 0.370 bits per heavy atom. The van der Waals surface area contributed by atoms with E-state index in [1.807, 2.05) is 0 Å². The molecule has 0 saturated heterocycles. The molecule has 0 fully saturated rings. The fourth-order valence-corrected chi connectivity index (χ4v) is 8.45. The molecule has 10 aromatic rings. The fourth-order valence-electron chi connectivity index (χ4n) is 8.45. The van der Waals surface area contributed by atoms with Crippen LogP contribution in [0.2, 0.25) is 0 Å². The third-order valence-electron chi connectivity index (χ3n) is 10.8. The van der Waals surface area contributed by atoms with Crippen LogP contribution in [-0.4, -0.2) is 20.8 Å². The summed E-state index contributed by atoms with van der Waals surface area (Å²) in [6.45, 7) is 0. The highest BCUT2D eigenvalue weighted by Crippen LogP contribution is 2.40. The lowest BCUT2D eigenvalue weighted by molar-refractivity contribution is 0.759. The van der Waals surface area contributed by atoms with E-state index in [2.05, 4.69) is 203 Å². The Hall–Kier alpha value is -7.24. The van der Waals surface area contributed by atoms with Gasteiger partial charge in [-0.1, -0.05) is 146 Å². The van der Waals surface area contributed by atoms with E-state index >= 15 is 0 Å². The van der Waals surface area contributed by atoms with Gasteiger partial charge in [0, 0.05) is 49.6 Å². The van der Waals surface area contributed by atoms with Crippen LogP contribution in [0, 0.1) is 0 Å². The molecule has 1 atom stereocenters. The maximum Gasteiger partial charge on any atom is 0.171 e. The first-order valence-electron chi connectivity index (χ1n) is 18.4. The molecule has 0 amide bonds. The normalized spacial score (nSPS) is 14.5. The average Bonchev–Trinajstić information content (AvgIpc) is 3.77. The van der Waals surface area contributed by atoms with Gasteiger partial charge in [0.2, 0.25) is 0 Å². The fraction of sp³-hybridized carbons (Fsp3) is 0.0204. The lowest BCUT2D eigenvalue weighted by Crippen LogP contribution is -2.36. The van der Waals surface area contributed by atoms with Crippen molar-refractivity contribution < 1.29 is 0 Å². The zero-order valence-corrected chi connectivity index (χ0v) is 29.3. The van der Waals surface area contributed by atoms with Gasteiger partial charge in [0.1, 0.15) is 11.7 Å². The van der Waals surface area contributed by atoms with Crippen LogP contribution in [0.1, 0.15) is 22.9 Å². The van der Waals surface area contributed by atoms with Gasteiger partial charge in [-0.15, -0.1) is 0 Å². The smallest absolute Gasteiger partial charge is 0.171 e. The third kappa shape index (κ3) is 4.65. The third-order valence-corrected chi connectivity index (χ3v) is 10.8. The van der Waals surface area contributed by atoms with Crippen LogP contribution >= 0.6 is 0 Å². The van der Waals surface area contributed by atoms with Gasteiger partial charge in [0.05, 0.1) is 22.1 Å². The lowest BCUT2D eigenvalue weighted by Gasteiger charge is -2.24. The first-order valence-corrected chi connectivity index (χ1v) is 18.4. The molecular formula is C49H33N5. The molecule has 3 heterocycles. The number of hydrogen-bond acceptors (Lipinski definition) is 3. The van der Waals surface area contributed by atoms with Crippen molar-refractivity contribution in [3.8, 4) is 11.4 Å². The van der Waals surface area contributed by atoms with Crippen LogP contribution in [-0.2, 0) is 0 Å². The highest BCUT2D eigenvalue weighted by molar-refractivity contribution is 6.24. The molecule has 254 valence electrons. The maximum atomic E-state index is 5.58. The number of amidine groups is 2. The number of nitrogens with zero attached hydrogens (tertiary/aromatic N) is 4. The minimum Gasteiger partial charge on any atom is -0.324 e. The quantitative estimate of drug-likeness (QED) is 0.192. The molecule has 2 aromatic heterocycles. The van der Waals surface area contributed by atoms with Crippen molar-refractivity contribution in [3.05, 3.63) is 205 Å². The van der Waals surface area contributed by atoms with Gasteiger partial charge in [0.25, 0.3) is 0 Å². The molecule has 0 bridgehead atoms. The second kappa shape index (κ2) is 12.2. The Kier molecular flexibility index (Phi) is 6.85. The molecule has 5 nitrogen and oxygen atoms in total. The summed E-state index contributed by atoms with van der Waals surface area (Å²) in [5.41, 5.74) is 9.81. The van der Waals surface area contributed by atoms with Crippen molar-refractivity contribution in [3.63, 3.8) is 0 Å². The highest BCUT2D eigenvalue weighted by Gasteiger charge is 2.27. The number of hydrogen-bond donors (Lipinski definition) is 1. The number of aliphatic imine (C=N–C) groups is 2. The molecular weight excluding hydrogens is 659 g/mol. The SMILES string of the molecule is c1ccc(-n2c3ccccc3c3cccc(C4=NC(c5cccc6c7ccccc7n(-c7ccccc7)c56)N=C(c5cccc6ccccc56)N4)c32)cc1. The summed E-state index contributed by atoms with van der Waals surface area (Å²) in [7, 11) is 0. The van der Waals surface area contributed by atoms with Crippen LogP contribution in [0.4, 0.5) is 0 Å². The Morgan fingerprint density at radius 2 is 0.833 bits per heavy atom. The van der Waals surface area contributed by atoms with E-state index in [-0.39, 0.29) is 0 Å². The molecule has 1 unspecified atom stereocenters. The summed E-state index contributed by atoms with van der Waals surface area (Å²) in [4.78, 5) is 11.1. The van der Waals surface area contributed by atoms with E-state index in [9.17, 15) is 0 Å². The number of aromatic nitrogens is 2. The second-order valence-corrected chi connectivity index (χ2v) is 13.8. The Balaban J connectivity index is 1.22. The number of nitrogens with one attached hydrogen (secondary N) is 1. The molecule has 5 heteroatoms. The predicted octanol–water partition coefficient (Wildman–Crippen LogP) is 11.5. The summed E-state index contributed by atoms with van der Waals surface area (Å²) in [6.07, 6.45) is -0.532. The number of benzene rings is 8. The van der Waals surface area contributed by atoms with E-state index in [0.717, 1.165) is 72.6 Å². The van der Waals surface area contributed by atoms with Crippen molar-refractivity contribution in [1.29, 1.82) is 0 Å². The summed E-state index contributed by atoms with van der Waals surface area (Å²) >= 11 is 0. The molecule has 1 aliphatic heterocycles. The van der Waals surface area contributed by atoms with Crippen molar-refractivity contribution in [2.45, 2.75) is 6.17 Å². The molecule has 8 aromatic carbocycles. The number of rotatable bonds is 5. The lowest BCUT2D eigenvalue weighted by atomic mass is 10.0. The standard InChI is InChI=1S/C49H33N5/c1-3-18-33(19-4-1)53-43-30-11-9-23-36(43)38-25-14-28-41(45(38)53)48-50-47(40-27-13-17-32-16-7-8-22-35(32)40)51-49(52-48)42-29-15-26-39-37-24-10-12-31-44(37)54(46(39)42)34-20-5-2-6-21-34/h1-31,48H,(H,50,51,52). The molecule has 1 aliphatic rings. The minimum absolute atomic E-state index is 0.532. The summed E-state index contributed by atoms with van der Waals surface area (Å²) < 4.78 is 4.74. The van der Waals surface area contributed by atoms with Gasteiger partial charge in [-0.2, -0.15) is 0 Å². The van der Waals surface area contributed by atoms with E-state index in [1.54, 1.807) is 0 Å². The molecule has 1 N–H and O–H groups in total. The van der Waals surface area contributed by atoms with E-state index in [0.29, 0.717) is 0 Å². The first-order chi connectivity index (χ1) is 26.8. The number of fused-ring (bicyclic) bond motifs is 7.